The lowest BCUT2D eigenvalue weighted by molar-refractivity contribution is 0.373. The van der Waals surface area contributed by atoms with Crippen LogP contribution in [-0.4, -0.2) is 25.0 Å². The van der Waals surface area contributed by atoms with E-state index in [9.17, 15) is 9.50 Å². The van der Waals surface area contributed by atoms with Crippen LogP contribution >= 0.6 is 0 Å². The standard InChI is InChI=1S/C18H17FN2O2/c1-23-18-5-2-12(6-17(18)22)8-20-10-14-11-21-9-13-3-4-15(19)7-16(13)14/h2-7,9-10,20,22H,8,11H2,1H3. The summed E-state index contributed by atoms with van der Waals surface area (Å²) in [5, 5.41) is 13.0. The second kappa shape index (κ2) is 6.52. The average molecular weight is 312 g/mol. The lowest BCUT2D eigenvalue weighted by Crippen LogP contribution is -2.10. The molecular weight excluding hydrogens is 295 g/mol. The monoisotopic (exact) mass is 312 g/mol. The molecule has 5 heteroatoms. The number of nitrogens with zero attached hydrogens (tertiary/aromatic N) is 1. The van der Waals surface area contributed by atoms with Crippen LogP contribution in [-0.2, 0) is 6.54 Å². The smallest absolute Gasteiger partial charge is 0.160 e. The molecule has 4 nitrogen and oxygen atoms in total. The lowest BCUT2D eigenvalue weighted by Gasteiger charge is -2.14. The minimum absolute atomic E-state index is 0.106. The van der Waals surface area contributed by atoms with Crippen molar-refractivity contribution < 1.29 is 14.2 Å². The number of rotatable bonds is 4. The summed E-state index contributed by atoms with van der Waals surface area (Å²) < 4.78 is 18.5. The summed E-state index contributed by atoms with van der Waals surface area (Å²) >= 11 is 0. The highest BCUT2D eigenvalue weighted by Crippen LogP contribution is 2.26. The molecule has 0 saturated carbocycles. The summed E-state index contributed by atoms with van der Waals surface area (Å²) in [5.74, 6) is 0.289. The Balaban J connectivity index is 1.73. The number of benzene rings is 2. The number of hydrogen-bond donors (Lipinski definition) is 2. The predicted molar refractivity (Wildman–Crippen MR) is 88.3 cm³/mol. The van der Waals surface area contributed by atoms with Gasteiger partial charge in [0.25, 0.3) is 0 Å². The van der Waals surface area contributed by atoms with Crippen molar-refractivity contribution in [1.29, 1.82) is 0 Å². The van der Waals surface area contributed by atoms with Gasteiger partial charge in [0.05, 0.1) is 13.7 Å². The van der Waals surface area contributed by atoms with E-state index in [1.165, 1.54) is 19.2 Å². The van der Waals surface area contributed by atoms with E-state index in [0.717, 1.165) is 22.3 Å². The van der Waals surface area contributed by atoms with Crippen molar-refractivity contribution in [1.82, 2.24) is 5.32 Å². The number of nitrogens with one attached hydrogen (secondary N) is 1. The van der Waals surface area contributed by atoms with Gasteiger partial charge in [-0.15, -0.1) is 0 Å². The SMILES string of the molecule is COc1ccc(CNC=C2CN=Cc3ccc(F)cc32)cc1O. The Morgan fingerprint density at radius 1 is 1.30 bits per heavy atom. The Kier molecular flexibility index (Phi) is 4.28. The fourth-order valence-corrected chi connectivity index (χ4v) is 2.51. The summed E-state index contributed by atoms with van der Waals surface area (Å²) in [6.45, 7) is 1.05. The Morgan fingerprint density at radius 3 is 2.96 bits per heavy atom. The molecule has 2 aromatic carbocycles. The molecule has 0 aliphatic carbocycles. The number of phenols is 1. The van der Waals surface area contributed by atoms with Gasteiger partial charge in [-0.2, -0.15) is 0 Å². The molecule has 1 heterocycles. The molecule has 0 spiro atoms. The molecule has 0 fully saturated rings. The van der Waals surface area contributed by atoms with Crippen LogP contribution in [0.5, 0.6) is 11.5 Å². The summed E-state index contributed by atoms with van der Waals surface area (Å²) in [4.78, 5) is 4.28. The molecule has 2 N–H and O–H groups in total. The molecule has 1 aliphatic heterocycles. The van der Waals surface area contributed by atoms with E-state index in [4.69, 9.17) is 4.74 Å². The third kappa shape index (κ3) is 3.34. The van der Waals surface area contributed by atoms with E-state index >= 15 is 0 Å². The summed E-state index contributed by atoms with van der Waals surface area (Å²) in [5.41, 5.74) is 3.61. The first-order valence-electron chi connectivity index (χ1n) is 7.25. The fraction of sp³-hybridized carbons (Fsp3) is 0.167. The van der Waals surface area contributed by atoms with Gasteiger partial charge in [0, 0.05) is 24.5 Å². The van der Waals surface area contributed by atoms with Gasteiger partial charge in [-0.1, -0.05) is 6.07 Å². The van der Waals surface area contributed by atoms with E-state index in [2.05, 4.69) is 10.3 Å². The first-order chi connectivity index (χ1) is 11.2. The van der Waals surface area contributed by atoms with Crippen molar-refractivity contribution >= 4 is 11.8 Å². The topological polar surface area (TPSA) is 53.8 Å². The van der Waals surface area contributed by atoms with E-state index in [1.807, 2.05) is 12.3 Å². The maximum absolute atomic E-state index is 13.4. The van der Waals surface area contributed by atoms with Crippen LogP contribution in [0.15, 0.2) is 47.6 Å². The molecule has 118 valence electrons. The highest BCUT2D eigenvalue weighted by atomic mass is 19.1. The van der Waals surface area contributed by atoms with Gasteiger partial charge in [-0.3, -0.25) is 4.99 Å². The van der Waals surface area contributed by atoms with Crippen molar-refractivity contribution in [2.24, 2.45) is 4.99 Å². The van der Waals surface area contributed by atoms with Gasteiger partial charge in [0.15, 0.2) is 11.5 Å². The van der Waals surface area contributed by atoms with Crippen LogP contribution in [0, 0.1) is 5.82 Å². The van der Waals surface area contributed by atoms with Gasteiger partial charge in [-0.05, 0) is 47.0 Å². The Morgan fingerprint density at radius 2 is 2.17 bits per heavy atom. The Hall–Kier alpha value is -2.82. The zero-order valence-electron chi connectivity index (χ0n) is 12.7. The number of halogens is 1. The average Bonchev–Trinajstić information content (AvgIpc) is 2.55. The summed E-state index contributed by atoms with van der Waals surface area (Å²) in [6, 6.07) is 9.92. The molecule has 0 amide bonds. The molecule has 3 rings (SSSR count). The minimum Gasteiger partial charge on any atom is -0.504 e. The fourth-order valence-electron chi connectivity index (χ4n) is 2.51. The highest BCUT2D eigenvalue weighted by Gasteiger charge is 2.11. The quantitative estimate of drug-likeness (QED) is 0.912. The van der Waals surface area contributed by atoms with E-state index in [1.54, 1.807) is 24.4 Å². The first kappa shape index (κ1) is 15.1. The molecule has 0 radical (unpaired) electrons. The van der Waals surface area contributed by atoms with Gasteiger partial charge >= 0.3 is 0 Å². The van der Waals surface area contributed by atoms with Crippen LogP contribution in [0.3, 0.4) is 0 Å². The molecule has 0 unspecified atom stereocenters. The van der Waals surface area contributed by atoms with Crippen molar-refractivity contribution in [2.45, 2.75) is 6.54 Å². The molecule has 0 atom stereocenters. The summed E-state index contributed by atoms with van der Waals surface area (Å²) in [6.07, 6.45) is 3.60. The minimum atomic E-state index is -0.259. The van der Waals surface area contributed by atoms with Gasteiger partial charge in [0.1, 0.15) is 5.82 Å². The molecule has 1 aliphatic rings. The van der Waals surface area contributed by atoms with Crippen molar-refractivity contribution in [3.05, 3.63) is 65.1 Å². The second-order valence-electron chi connectivity index (χ2n) is 5.26. The predicted octanol–water partition coefficient (Wildman–Crippen LogP) is 3.10. The van der Waals surface area contributed by atoms with Crippen LogP contribution in [0.25, 0.3) is 5.57 Å². The number of hydrogen-bond acceptors (Lipinski definition) is 4. The normalized spacial score (nSPS) is 14.6. The van der Waals surface area contributed by atoms with Crippen LogP contribution < -0.4 is 10.1 Å². The summed E-state index contributed by atoms with van der Waals surface area (Å²) in [7, 11) is 1.51. The molecule has 0 bridgehead atoms. The van der Waals surface area contributed by atoms with Crippen LogP contribution in [0.2, 0.25) is 0 Å². The number of fused-ring (bicyclic) bond motifs is 1. The molecule has 2 aromatic rings. The number of ether oxygens (including phenoxy) is 1. The van der Waals surface area contributed by atoms with Gasteiger partial charge < -0.3 is 15.2 Å². The number of aromatic hydroxyl groups is 1. The molecule has 0 aromatic heterocycles. The largest absolute Gasteiger partial charge is 0.504 e. The first-order valence-corrected chi connectivity index (χ1v) is 7.25. The second-order valence-corrected chi connectivity index (χ2v) is 5.26. The number of methoxy groups -OCH3 is 1. The third-order valence-corrected chi connectivity index (χ3v) is 3.68. The Bertz CT molecular complexity index is 785. The van der Waals surface area contributed by atoms with Crippen molar-refractivity contribution in [2.75, 3.05) is 13.7 Å². The lowest BCUT2D eigenvalue weighted by atomic mass is 9.98. The maximum atomic E-state index is 13.4. The van der Waals surface area contributed by atoms with Crippen molar-refractivity contribution in [3.63, 3.8) is 0 Å². The number of aliphatic imine (C=N–C) groups is 1. The van der Waals surface area contributed by atoms with E-state index in [0.29, 0.717) is 18.8 Å². The molecule has 0 saturated heterocycles. The van der Waals surface area contributed by atoms with E-state index in [-0.39, 0.29) is 11.6 Å². The zero-order valence-corrected chi connectivity index (χ0v) is 12.7. The van der Waals surface area contributed by atoms with Crippen LogP contribution in [0.1, 0.15) is 16.7 Å². The van der Waals surface area contributed by atoms with Gasteiger partial charge in [0.2, 0.25) is 0 Å². The molecular formula is C18H17FN2O2. The third-order valence-electron chi connectivity index (χ3n) is 3.68. The van der Waals surface area contributed by atoms with Gasteiger partial charge in [-0.25, -0.2) is 4.39 Å². The van der Waals surface area contributed by atoms with Crippen molar-refractivity contribution in [3.8, 4) is 11.5 Å². The van der Waals surface area contributed by atoms with E-state index < -0.39 is 0 Å². The molecule has 23 heavy (non-hydrogen) atoms. The highest BCUT2D eigenvalue weighted by molar-refractivity contribution is 5.92. The maximum Gasteiger partial charge on any atom is 0.160 e. The Labute approximate surface area is 134 Å². The number of phenolic OH excluding ortho intramolecular Hbond substituents is 1. The van der Waals surface area contributed by atoms with Crippen LogP contribution in [0.4, 0.5) is 4.39 Å². The zero-order chi connectivity index (χ0) is 16.2.